The Morgan fingerprint density at radius 1 is 1.08 bits per heavy atom. The number of benzene rings is 2. The van der Waals surface area contributed by atoms with E-state index in [0.717, 1.165) is 17.0 Å². The normalized spacial score (nSPS) is 13.6. The number of carbonyl (C=O) groups is 2. The van der Waals surface area contributed by atoms with Gasteiger partial charge in [-0.15, -0.1) is 0 Å². The Morgan fingerprint density at radius 3 is 2.42 bits per heavy atom. The summed E-state index contributed by atoms with van der Waals surface area (Å²) in [6.07, 6.45) is 2.11. The smallest absolute Gasteiger partial charge is 0.244 e. The predicted octanol–water partition coefficient (Wildman–Crippen LogP) is 3.21. The quantitative estimate of drug-likeness (QED) is 0.472. The Kier molecular flexibility index (Phi) is 9.44. The summed E-state index contributed by atoms with van der Waals surface area (Å²) in [5, 5.41) is 3.29. The van der Waals surface area contributed by atoms with E-state index in [1.165, 1.54) is 11.0 Å². The number of rotatable bonds is 11. The van der Waals surface area contributed by atoms with Crippen LogP contribution in [0.5, 0.6) is 11.5 Å². The maximum absolute atomic E-state index is 13.7. The average Bonchev–Trinajstić information content (AvgIpc) is 2.85. The molecule has 1 heterocycles. The minimum atomic E-state index is -3.86. The van der Waals surface area contributed by atoms with Gasteiger partial charge in [-0.2, -0.15) is 0 Å². The Balaban J connectivity index is 1.95. The van der Waals surface area contributed by atoms with Crippen LogP contribution in [0.4, 0.5) is 5.69 Å². The number of fused-ring (bicyclic) bond motifs is 1. The van der Waals surface area contributed by atoms with E-state index >= 15 is 0 Å². The minimum absolute atomic E-state index is 0.0509. The van der Waals surface area contributed by atoms with Crippen LogP contribution >= 0.6 is 11.6 Å². The number of anilines is 1. The molecule has 1 aliphatic rings. The third-order valence-corrected chi connectivity index (χ3v) is 7.24. The molecule has 0 saturated carbocycles. The third kappa shape index (κ3) is 6.82. The molecule has 2 amide bonds. The number of hydrogen-bond acceptors (Lipinski definition) is 6. The first kappa shape index (κ1) is 27.6. The first-order chi connectivity index (χ1) is 17.2. The van der Waals surface area contributed by atoms with Gasteiger partial charge >= 0.3 is 0 Å². The third-order valence-electron chi connectivity index (χ3n) is 5.73. The molecule has 1 aliphatic heterocycles. The fourth-order valence-corrected chi connectivity index (χ4v) is 4.93. The van der Waals surface area contributed by atoms with Crippen LogP contribution in [-0.4, -0.2) is 63.7 Å². The fraction of sp³-hybridized carbons (Fsp3) is 0.440. The zero-order valence-electron chi connectivity index (χ0n) is 20.7. The highest BCUT2D eigenvalue weighted by Gasteiger charge is 2.32. The molecular weight excluding hydrogens is 506 g/mol. The van der Waals surface area contributed by atoms with Crippen molar-refractivity contribution >= 4 is 39.1 Å². The van der Waals surface area contributed by atoms with E-state index in [0.29, 0.717) is 48.3 Å². The van der Waals surface area contributed by atoms with E-state index in [-0.39, 0.29) is 18.1 Å². The van der Waals surface area contributed by atoms with Gasteiger partial charge in [-0.25, -0.2) is 8.42 Å². The Hall–Kier alpha value is -2.98. The number of halogens is 1. The van der Waals surface area contributed by atoms with Crippen molar-refractivity contribution in [1.29, 1.82) is 0 Å². The zero-order chi connectivity index (χ0) is 26.3. The maximum Gasteiger partial charge on any atom is 0.244 e. The summed E-state index contributed by atoms with van der Waals surface area (Å²) in [6, 6.07) is 10.9. The van der Waals surface area contributed by atoms with Gasteiger partial charge in [0.15, 0.2) is 11.5 Å². The van der Waals surface area contributed by atoms with Crippen LogP contribution < -0.4 is 19.1 Å². The van der Waals surface area contributed by atoms with Gasteiger partial charge in [0.1, 0.15) is 25.8 Å². The van der Waals surface area contributed by atoms with Crippen LogP contribution in [-0.2, 0) is 26.2 Å². The molecule has 2 aromatic rings. The molecule has 0 aliphatic carbocycles. The first-order valence-electron chi connectivity index (χ1n) is 11.8. The number of amides is 2. The Bertz CT molecular complexity index is 1190. The van der Waals surface area contributed by atoms with Crippen molar-refractivity contribution in [2.75, 3.05) is 36.9 Å². The highest BCUT2D eigenvalue weighted by molar-refractivity contribution is 7.92. The van der Waals surface area contributed by atoms with Crippen molar-refractivity contribution in [2.24, 2.45) is 0 Å². The number of nitrogens with one attached hydrogen (secondary N) is 1. The van der Waals surface area contributed by atoms with E-state index in [2.05, 4.69) is 5.32 Å². The summed E-state index contributed by atoms with van der Waals surface area (Å²) in [7, 11) is -3.86. The number of sulfonamides is 1. The molecule has 0 aromatic heterocycles. The van der Waals surface area contributed by atoms with Gasteiger partial charge in [-0.05, 0) is 36.6 Å². The standard InChI is InChI=1S/C25H32ClN3O6S/c1-4-12-27-25(31)21(5-2)28(16-18-8-6-7-9-20(18)26)24(30)17-29(36(3,32)33)19-10-11-22-23(15-19)35-14-13-34-22/h6-11,15,21H,4-5,12-14,16-17H2,1-3H3,(H,27,31). The fourth-order valence-electron chi connectivity index (χ4n) is 3.90. The molecule has 1 N–H and O–H groups in total. The highest BCUT2D eigenvalue weighted by Crippen LogP contribution is 2.34. The Labute approximate surface area is 217 Å². The van der Waals surface area contributed by atoms with E-state index < -0.39 is 28.5 Å². The van der Waals surface area contributed by atoms with Gasteiger partial charge in [-0.3, -0.25) is 13.9 Å². The number of ether oxygens (including phenoxy) is 2. The molecule has 2 aromatic carbocycles. The molecule has 196 valence electrons. The summed E-state index contributed by atoms with van der Waals surface area (Å²) in [4.78, 5) is 28.1. The van der Waals surface area contributed by atoms with E-state index in [9.17, 15) is 18.0 Å². The van der Waals surface area contributed by atoms with Crippen LogP contribution in [0, 0.1) is 0 Å². The number of carbonyl (C=O) groups excluding carboxylic acids is 2. The zero-order valence-corrected chi connectivity index (χ0v) is 22.3. The van der Waals surface area contributed by atoms with E-state index in [1.54, 1.807) is 43.3 Å². The molecule has 11 heteroatoms. The molecule has 1 atom stereocenters. The van der Waals surface area contributed by atoms with Crippen LogP contribution in [0.3, 0.4) is 0 Å². The summed E-state index contributed by atoms with van der Waals surface area (Å²) < 4.78 is 37.6. The summed E-state index contributed by atoms with van der Waals surface area (Å²) in [5.41, 5.74) is 0.913. The molecule has 0 bridgehead atoms. The summed E-state index contributed by atoms with van der Waals surface area (Å²) in [5.74, 6) is 0.0700. The second-order valence-corrected chi connectivity index (χ2v) is 10.7. The molecule has 0 radical (unpaired) electrons. The molecule has 0 saturated heterocycles. The average molecular weight is 538 g/mol. The van der Waals surface area contributed by atoms with E-state index in [4.69, 9.17) is 21.1 Å². The molecule has 0 fully saturated rings. The lowest BCUT2D eigenvalue weighted by molar-refractivity contribution is -0.140. The van der Waals surface area contributed by atoms with Crippen molar-refractivity contribution in [3.63, 3.8) is 0 Å². The van der Waals surface area contributed by atoms with Crippen LogP contribution in [0.1, 0.15) is 32.3 Å². The van der Waals surface area contributed by atoms with Crippen molar-refractivity contribution in [3.05, 3.63) is 53.1 Å². The summed E-state index contributed by atoms with van der Waals surface area (Å²) >= 11 is 6.36. The lowest BCUT2D eigenvalue weighted by atomic mass is 10.1. The van der Waals surface area contributed by atoms with Gasteiger partial charge in [0.05, 0.1) is 11.9 Å². The van der Waals surface area contributed by atoms with E-state index in [1.807, 2.05) is 6.92 Å². The monoisotopic (exact) mass is 537 g/mol. The maximum atomic E-state index is 13.7. The lowest BCUT2D eigenvalue weighted by Gasteiger charge is -2.33. The predicted molar refractivity (Wildman–Crippen MR) is 139 cm³/mol. The molecular formula is C25H32ClN3O6S. The van der Waals surface area contributed by atoms with Gasteiger partial charge in [0, 0.05) is 24.2 Å². The van der Waals surface area contributed by atoms with Gasteiger partial charge in [-0.1, -0.05) is 43.6 Å². The minimum Gasteiger partial charge on any atom is -0.486 e. The van der Waals surface area contributed by atoms with Crippen LogP contribution in [0.25, 0.3) is 0 Å². The van der Waals surface area contributed by atoms with Crippen molar-refractivity contribution < 1.29 is 27.5 Å². The first-order valence-corrected chi connectivity index (χ1v) is 14.1. The molecule has 3 rings (SSSR count). The van der Waals surface area contributed by atoms with Crippen molar-refractivity contribution in [1.82, 2.24) is 10.2 Å². The van der Waals surface area contributed by atoms with Crippen LogP contribution in [0.2, 0.25) is 5.02 Å². The second kappa shape index (κ2) is 12.3. The topological polar surface area (TPSA) is 105 Å². The van der Waals surface area contributed by atoms with Gasteiger partial charge in [0.25, 0.3) is 0 Å². The van der Waals surface area contributed by atoms with Gasteiger partial charge in [0.2, 0.25) is 21.8 Å². The molecule has 9 nitrogen and oxygen atoms in total. The van der Waals surface area contributed by atoms with Crippen molar-refractivity contribution in [3.8, 4) is 11.5 Å². The van der Waals surface area contributed by atoms with Crippen LogP contribution in [0.15, 0.2) is 42.5 Å². The largest absolute Gasteiger partial charge is 0.486 e. The summed E-state index contributed by atoms with van der Waals surface area (Å²) in [6.45, 7) is 4.50. The SMILES string of the molecule is CCCNC(=O)C(CC)N(Cc1ccccc1Cl)C(=O)CN(c1ccc2c(c1)OCCO2)S(C)(=O)=O. The lowest BCUT2D eigenvalue weighted by Crippen LogP contribution is -2.52. The molecule has 0 spiro atoms. The highest BCUT2D eigenvalue weighted by atomic mass is 35.5. The second-order valence-electron chi connectivity index (χ2n) is 8.43. The molecule has 1 unspecified atom stereocenters. The van der Waals surface area contributed by atoms with Crippen molar-refractivity contribution in [2.45, 2.75) is 39.3 Å². The molecule has 36 heavy (non-hydrogen) atoms. The van der Waals surface area contributed by atoms with Gasteiger partial charge < -0.3 is 19.7 Å². The Morgan fingerprint density at radius 2 is 1.78 bits per heavy atom. The number of hydrogen-bond donors (Lipinski definition) is 1. The number of nitrogens with zero attached hydrogens (tertiary/aromatic N) is 2.